The first-order chi connectivity index (χ1) is 15.2. The van der Waals surface area contributed by atoms with Crippen LogP contribution in [0.3, 0.4) is 0 Å². The van der Waals surface area contributed by atoms with Crippen LogP contribution in [0.25, 0.3) is 6.08 Å². The Hall–Kier alpha value is -3.37. The molecule has 0 radical (unpaired) electrons. The Labute approximate surface area is 193 Å². The maximum absolute atomic E-state index is 12.9. The molecule has 166 valence electrons. The van der Waals surface area contributed by atoms with Gasteiger partial charge in [-0.1, -0.05) is 24.0 Å². The monoisotopic (exact) mass is 472 g/mol. The van der Waals surface area contributed by atoms with Crippen LogP contribution in [0.1, 0.15) is 29.8 Å². The second kappa shape index (κ2) is 9.84. The van der Waals surface area contributed by atoms with Gasteiger partial charge in [0.25, 0.3) is 5.91 Å². The molecule has 1 heterocycles. The molecule has 2 aromatic carbocycles. The fourth-order valence-electron chi connectivity index (χ4n) is 2.88. The predicted octanol–water partition coefficient (Wildman–Crippen LogP) is 3.50. The number of aromatic hydroxyl groups is 2. The summed E-state index contributed by atoms with van der Waals surface area (Å²) >= 11 is 6.30. The molecule has 32 heavy (non-hydrogen) atoms. The summed E-state index contributed by atoms with van der Waals surface area (Å²) in [6, 6.07) is 9.31. The molecule has 0 aromatic heterocycles. The number of phenolic OH excluding ortho intramolecular Hbond substituents is 2. The van der Waals surface area contributed by atoms with E-state index in [4.69, 9.17) is 17.0 Å². The summed E-state index contributed by atoms with van der Waals surface area (Å²) in [6.45, 7) is 3.53. The number of amides is 2. The molecule has 3 rings (SSSR count). The molecule has 10 heteroatoms. The van der Waals surface area contributed by atoms with Crippen LogP contribution in [0, 0.1) is 0 Å². The summed E-state index contributed by atoms with van der Waals surface area (Å²) in [7, 11) is 0. The van der Waals surface area contributed by atoms with Crippen molar-refractivity contribution in [1.82, 2.24) is 4.90 Å². The van der Waals surface area contributed by atoms with Crippen molar-refractivity contribution >= 4 is 57.8 Å². The Balaban J connectivity index is 1.71. The lowest BCUT2D eigenvalue weighted by Crippen LogP contribution is -2.44. The summed E-state index contributed by atoms with van der Waals surface area (Å²) in [4.78, 5) is 38.8. The van der Waals surface area contributed by atoms with Gasteiger partial charge in [0.2, 0.25) is 5.91 Å². The molecule has 0 bridgehead atoms. The Morgan fingerprint density at radius 3 is 2.53 bits per heavy atom. The topological polar surface area (TPSA) is 116 Å². The summed E-state index contributed by atoms with van der Waals surface area (Å²) in [6.07, 6.45) is 1.45. The van der Waals surface area contributed by atoms with Gasteiger partial charge in [-0.25, -0.2) is 4.79 Å². The van der Waals surface area contributed by atoms with Crippen LogP contribution in [0.4, 0.5) is 5.69 Å². The SMILES string of the molecule is CCOC(=O)c1ccc(NC(=O)C(C)N2C(=O)/C(=C/c3ccc(O)cc3O)SC2=S)cc1. The second-order valence-corrected chi connectivity index (χ2v) is 8.43. The van der Waals surface area contributed by atoms with Gasteiger partial charge in [0.1, 0.15) is 21.9 Å². The number of thiocarbonyl (C=S) groups is 1. The molecule has 1 aliphatic heterocycles. The number of esters is 1. The molecule has 1 saturated heterocycles. The molecule has 0 saturated carbocycles. The van der Waals surface area contributed by atoms with Gasteiger partial charge in [0.15, 0.2) is 0 Å². The van der Waals surface area contributed by atoms with E-state index in [0.717, 1.165) is 17.8 Å². The van der Waals surface area contributed by atoms with Gasteiger partial charge >= 0.3 is 5.97 Å². The Morgan fingerprint density at radius 2 is 1.91 bits per heavy atom. The van der Waals surface area contributed by atoms with E-state index in [-0.39, 0.29) is 27.3 Å². The third kappa shape index (κ3) is 5.09. The van der Waals surface area contributed by atoms with E-state index in [1.165, 1.54) is 35.2 Å². The van der Waals surface area contributed by atoms with Crippen molar-refractivity contribution in [2.24, 2.45) is 0 Å². The first-order valence-electron chi connectivity index (χ1n) is 9.58. The van der Waals surface area contributed by atoms with Crippen LogP contribution < -0.4 is 5.32 Å². The van der Waals surface area contributed by atoms with Gasteiger partial charge in [0, 0.05) is 17.3 Å². The number of rotatable bonds is 6. The number of benzene rings is 2. The molecule has 1 fully saturated rings. The van der Waals surface area contributed by atoms with Crippen LogP contribution in [-0.2, 0) is 14.3 Å². The van der Waals surface area contributed by atoms with Gasteiger partial charge < -0.3 is 20.3 Å². The van der Waals surface area contributed by atoms with E-state index in [9.17, 15) is 24.6 Å². The quantitative estimate of drug-likeness (QED) is 0.332. The lowest BCUT2D eigenvalue weighted by Gasteiger charge is -2.22. The van der Waals surface area contributed by atoms with E-state index in [0.29, 0.717) is 16.8 Å². The highest BCUT2D eigenvalue weighted by atomic mass is 32.2. The summed E-state index contributed by atoms with van der Waals surface area (Å²) < 4.78 is 5.13. The maximum atomic E-state index is 12.9. The van der Waals surface area contributed by atoms with Crippen molar-refractivity contribution in [1.29, 1.82) is 0 Å². The molecule has 8 nitrogen and oxygen atoms in total. The van der Waals surface area contributed by atoms with Crippen molar-refractivity contribution in [2.45, 2.75) is 19.9 Å². The number of phenols is 2. The largest absolute Gasteiger partial charge is 0.508 e. The van der Waals surface area contributed by atoms with Crippen molar-refractivity contribution in [3.05, 3.63) is 58.5 Å². The van der Waals surface area contributed by atoms with Gasteiger partial charge in [-0.2, -0.15) is 0 Å². The molecule has 0 aliphatic carbocycles. The van der Waals surface area contributed by atoms with Crippen molar-refractivity contribution < 1.29 is 29.3 Å². The van der Waals surface area contributed by atoms with E-state index >= 15 is 0 Å². The number of nitrogens with one attached hydrogen (secondary N) is 1. The fourth-order valence-corrected chi connectivity index (χ4v) is 4.29. The number of anilines is 1. The molecular weight excluding hydrogens is 452 g/mol. The number of carbonyl (C=O) groups excluding carboxylic acids is 3. The Kier molecular flexibility index (Phi) is 7.16. The number of ether oxygens (including phenoxy) is 1. The predicted molar refractivity (Wildman–Crippen MR) is 125 cm³/mol. The lowest BCUT2D eigenvalue weighted by molar-refractivity contribution is -0.129. The number of hydrogen-bond acceptors (Lipinski definition) is 8. The van der Waals surface area contributed by atoms with Gasteiger partial charge in [-0.3, -0.25) is 14.5 Å². The van der Waals surface area contributed by atoms with Gasteiger partial charge in [-0.05, 0) is 56.3 Å². The lowest BCUT2D eigenvalue weighted by atomic mass is 10.1. The van der Waals surface area contributed by atoms with Crippen LogP contribution in [0.15, 0.2) is 47.4 Å². The number of hydrogen-bond donors (Lipinski definition) is 3. The maximum Gasteiger partial charge on any atom is 0.338 e. The van der Waals surface area contributed by atoms with E-state index in [2.05, 4.69) is 5.32 Å². The second-order valence-electron chi connectivity index (χ2n) is 6.76. The highest BCUT2D eigenvalue weighted by Crippen LogP contribution is 2.36. The molecular formula is C22H20N2O6S2. The molecule has 2 aromatic rings. The summed E-state index contributed by atoms with van der Waals surface area (Å²) in [5, 5.41) is 22.1. The standard InChI is InChI=1S/C22H20N2O6S2/c1-3-30-21(29)13-4-7-15(8-5-13)23-19(27)12(2)24-20(28)18(32-22(24)31)10-14-6-9-16(25)11-17(14)26/h4-12,25-26H,3H2,1-2H3,(H,23,27)/b18-10-. The van der Waals surface area contributed by atoms with Crippen LogP contribution in [0.5, 0.6) is 11.5 Å². The summed E-state index contributed by atoms with van der Waals surface area (Å²) in [5.74, 6) is -1.67. The minimum absolute atomic E-state index is 0.104. The molecule has 1 atom stereocenters. The Bertz CT molecular complexity index is 1110. The molecule has 2 amide bonds. The third-order valence-electron chi connectivity index (χ3n) is 4.55. The van der Waals surface area contributed by atoms with Crippen LogP contribution in [0.2, 0.25) is 0 Å². The Morgan fingerprint density at radius 1 is 1.22 bits per heavy atom. The van der Waals surface area contributed by atoms with E-state index < -0.39 is 23.8 Å². The molecule has 1 unspecified atom stereocenters. The number of nitrogens with zero attached hydrogens (tertiary/aromatic N) is 1. The van der Waals surface area contributed by atoms with Gasteiger partial charge in [-0.15, -0.1) is 0 Å². The number of carbonyl (C=O) groups is 3. The van der Waals surface area contributed by atoms with Crippen molar-refractivity contribution in [2.75, 3.05) is 11.9 Å². The average Bonchev–Trinajstić information content (AvgIpc) is 3.03. The minimum atomic E-state index is -0.897. The zero-order valence-corrected chi connectivity index (χ0v) is 18.8. The minimum Gasteiger partial charge on any atom is -0.508 e. The van der Waals surface area contributed by atoms with Crippen molar-refractivity contribution in [3.63, 3.8) is 0 Å². The third-order valence-corrected chi connectivity index (χ3v) is 5.88. The number of thioether (sulfide) groups is 1. The van der Waals surface area contributed by atoms with E-state index in [1.807, 2.05) is 0 Å². The molecule has 1 aliphatic rings. The normalized spacial score (nSPS) is 15.7. The van der Waals surface area contributed by atoms with Crippen molar-refractivity contribution in [3.8, 4) is 11.5 Å². The zero-order chi connectivity index (χ0) is 23.4. The van der Waals surface area contributed by atoms with Crippen LogP contribution in [-0.4, -0.2) is 49.9 Å². The molecule has 0 spiro atoms. The van der Waals surface area contributed by atoms with Gasteiger partial charge in [0.05, 0.1) is 17.1 Å². The average molecular weight is 473 g/mol. The smallest absolute Gasteiger partial charge is 0.338 e. The van der Waals surface area contributed by atoms with E-state index in [1.54, 1.807) is 26.0 Å². The summed E-state index contributed by atoms with van der Waals surface area (Å²) in [5.41, 5.74) is 1.14. The highest BCUT2D eigenvalue weighted by molar-refractivity contribution is 8.26. The molecule has 3 N–H and O–H groups in total. The highest BCUT2D eigenvalue weighted by Gasteiger charge is 2.38. The first-order valence-corrected chi connectivity index (χ1v) is 10.8. The fraction of sp³-hybridized carbons (Fsp3) is 0.182. The van der Waals surface area contributed by atoms with Crippen LogP contribution >= 0.6 is 24.0 Å². The first kappa shape index (κ1) is 23.3. The zero-order valence-electron chi connectivity index (χ0n) is 17.2.